The van der Waals surface area contributed by atoms with Gasteiger partial charge in [-0.05, 0) is 55.0 Å². The van der Waals surface area contributed by atoms with Gasteiger partial charge in [0.25, 0.3) is 10.1 Å². The van der Waals surface area contributed by atoms with Crippen molar-refractivity contribution in [3.8, 4) is 5.75 Å². The summed E-state index contributed by atoms with van der Waals surface area (Å²) in [6, 6.07) is 12.8. The van der Waals surface area contributed by atoms with E-state index in [0.717, 1.165) is 12.2 Å². The van der Waals surface area contributed by atoms with Gasteiger partial charge in [0.15, 0.2) is 0 Å². The number of hydrogen-bond donors (Lipinski definition) is 1. The van der Waals surface area contributed by atoms with Gasteiger partial charge in [0.2, 0.25) is 0 Å². The van der Waals surface area contributed by atoms with Crippen molar-refractivity contribution in [2.24, 2.45) is 10.2 Å². The van der Waals surface area contributed by atoms with Crippen LogP contribution in [0, 0.1) is 0 Å². The van der Waals surface area contributed by atoms with E-state index in [1.165, 1.54) is 43.5 Å². The molecule has 0 fully saturated rings. The highest BCUT2D eigenvalue weighted by Crippen LogP contribution is 2.22. The molecule has 0 unspecified atom stereocenters. The van der Waals surface area contributed by atoms with E-state index in [2.05, 4.69) is 17.2 Å². The Morgan fingerprint density at radius 2 is 1.44 bits per heavy atom. The fraction of sp³-hybridized carbons (Fsp3) is 0.333. The first kappa shape index (κ1) is 19.1. The Morgan fingerprint density at radius 3 is 1.96 bits per heavy atom. The van der Waals surface area contributed by atoms with Gasteiger partial charge in [-0.25, -0.2) is 0 Å². The Hall–Kier alpha value is -2.25. The highest BCUT2D eigenvalue weighted by molar-refractivity contribution is 7.85. The second kappa shape index (κ2) is 9.29. The average Bonchev–Trinajstić information content (AvgIpc) is 2.60. The summed E-state index contributed by atoms with van der Waals surface area (Å²) in [5.41, 5.74) is 1.15. The van der Waals surface area contributed by atoms with Gasteiger partial charge in [0, 0.05) is 0 Å². The van der Waals surface area contributed by atoms with Crippen LogP contribution in [-0.4, -0.2) is 19.6 Å². The number of benzene rings is 2. The average molecular weight is 362 g/mol. The maximum Gasteiger partial charge on any atom is 0.294 e. The summed E-state index contributed by atoms with van der Waals surface area (Å²) in [6.45, 7) is 2.89. The molecule has 6 nitrogen and oxygen atoms in total. The summed E-state index contributed by atoms with van der Waals surface area (Å²) in [5, 5.41) is 8.12. The molecular weight excluding hydrogens is 340 g/mol. The van der Waals surface area contributed by atoms with Crippen molar-refractivity contribution in [1.29, 1.82) is 0 Å². The number of unbranched alkanes of at least 4 members (excludes halogenated alkanes) is 3. The smallest absolute Gasteiger partial charge is 0.294 e. The first-order chi connectivity index (χ1) is 12.0. The van der Waals surface area contributed by atoms with E-state index in [1.54, 1.807) is 12.1 Å². The molecule has 134 valence electrons. The predicted molar refractivity (Wildman–Crippen MR) is 96.5 cm³/mol. The lowest BCUT2D eigenvalue weighted by Crippen LogP contribution is -1.96. The highest BCUT2D eigenvalue weighted by Gasteiger charge is 2.08. The van der Waals surface area contributed by atoms with Gasteiger partial charge in [0.1, 0.15) is 5.75 Å². The monoisotopic (exact) mass is 362 g/mol. The molecule has 0 heterocycles. The maximum absolute atomic E-state index is 11.0. The van der Waals surface area contributed by atoms with Crippen LogP contribution in [0.25, 0.3) is 0 Å². The topological polar surface area (TPSA) is 88.3 Å². The third-order valence-corrected chi connectivity index (χ3v) is 4.39. The molecule has 2 rings (SSSR count). The zero-order chi connectivity index (χ0) is 18.1. The lowest BCUT2D eigenvalue weighted by atomic mass is 10.2. The Bertz CT molecular complexity index is 785. The van der Waals surface area contributed by atoms with Crippen LogP contribution in [0.15, 0.2) is 63.7 Å². The summed E-state index contributed by atoms with van der Waals surface area (Å²) in [6.07, 6.45) is 4.67. The van der Waals surface area contributed by atoms with E-state index in [0.29, 0.717) is 18.0 Å². The summed E-state index contributed by atoms with van der Waals surface area (Å²) >= 11 is 0. The Kier molecular flexibility index (Phi) is 7.09. The molecule has 0 atom stereocenters. The molecule has 2 aromatic carbocycles. The molecule has 0 aliphatic heterocycles. The molecule has 0 aliphatic rings. The van der Waals surface area contributed by atoms with Gasteiger partial charge in [0.05, 0.1) is 22.9 Å². The van der Waals surface area contributed by atoms with E-state index in [4.69, 9.17) is 9.29 Å². The van der Waals surface area contributed by atoms with Crippen LogP contribution in [0.2, 0.25) is 0 Å². The van der Waals surface area contributed by atoms with Crippen LogP contribution in [0.5, 0.6) is 5.75 Å². The van der Waals surface area contributed by atoms with Gasteiger partial charge in [-0.3, -0.25) is 4.55 Å². The number of rotatable bonds is 9. The predicted octanol–water partition coefficient (Wildman–Crippen LogP) is 5.31. The molecular formula is C18H22N2O4S. The number of azo groups is 1. The van der Waals surface area contributed by atoms with Crippen LogP contribution >= 0.6 is 0 Å². The van der Waals surface area contributed by atoms with E-state index in [1.807, 2.05) is 12.1 Å². The minimum atomic E-state index is -4.19. The standard InChI is InChI=1S/C18H22N2O4S/c1-2-3-4-5-14-24-17-10-6-15(7-11-17)19-20-16-8-12-18(13-9-16)25(21,22)23/h6-13H,2-5,14H2,1H3,(H,21,22,23). The first-order valence-electron chi connectivity index (χ1n) is 8.21. The zero-order valence-electron chi connectivity index (χ0n) is 14.1. The third kappa shape index (κ3) is 6.64. The molecule has 7 heteroatoms. The first-order valence-corrected chi connectivity index (χ1v) is 9.65. The normalized spacial score (nSPS) is 11.8. The van der Waals surface area contributed by atoms with Gasteiger partial charge in [-0.1, -0.05) is 26.2 Å². The molecule has 0 aliphatic carbocycles. The van der Waals surface area contributed by atoms with Crippen LogP contribution in [0.3, 0.4) is 0 Å². The quantitative estimate of drug-likeness (QED) is 0.372. The number of hydrogen-bond acceptors (Lipinski definition) is 5. The minimum absolute atomic E-state index is 0.174. The van der Waals surface area contributed by atoms with Crippen LogP contribution in [0.1, 0.15) is 32.6 Å². The molecule has 0 saturated heterocycles. The Morgan fingerprint density at radius 1 is 0.880 bits per heavy atom. The third-order valence-electron chi connectivity index (χ3n) is 3.52. The lowest BCUT2D eigenvalue weighted by molar-refractivity contribution is 0.305. The number of nitrogens with zero attached hydrogens (tertiary/aromatic N) is 2. The van der Waals surface area contributed by atoms with Crippen LogP contribution in [0.4, 0.5) is 11.4 Å². The molecule has 0 aromatic heterocycles. The molecule has 0 bridgehead atoms. The second-order valence-corrected chi connectivity index (χ2v) is 6.99. The lowest BCUT2D eigenvalue weighted by Gasteiger charge is -2.05. The fourth-order valence-electron chi connectivity index (χ4n) is 2.13. The summed E-state index contributed by atoms with van der Waals surface area (Å²) in [5.74, 6) is 0.799. The SMILES string of the molecule is CCCCCCOc1ccc(N=Nc2ccc(S(=O)(=O)O)cc2)cc1. The Labute approximate surface area is 148 Å². The van der Waals surface area contributed by atoms with Crippen molar-refractivity contribution in [2.75, 3.05) is 6.61 Å². The Balaban J connectivity index is 1.89. The molecule has 0 spiro atoms. The molecule has 0 amide bonds. The van der Waals surface area contributed by atoms with Gasteiger partial charge >= 0.3 is 0 Å². The van der Waals surface area contributed by atoms with Crippen LogP contribution < -0.4 is 4.74 Å². The largest absolute Gasteiger partial charge is 0.494 e. The van der Waals surface area contributed by atoms with E-state index in [-0.39, 0.29) is 4.90 Å². The fourth-order valence-corrected chi connectivity index (χ4v) is 2.61. The van der Waals surface area contributed by atoms with Crippen molar-refractivity contribution in [2.45, 2.75) is 37.5 Å². The summed E-state index contributed by atoms with van der Waals surface area (Å²) in [4.78, 5) is -0.174. The molecule has 0 saturated carbocycles. The van der Waals surface area contributed by atoms with Crippen LogP contribution in [-0.2, 0) is 10.1 Å². The molecule has 1 N–H and O–H groups in total. The van der Waals surface area contributed by atoms with Crippen molar-refractivity contribution in [3.05, 3.63) is 48.5 Å². The van der Waals surface area contributed by atoms with Gasteiger partial charge < -0.3 is 4.74 Å². The van der Waals surface area contributed by atoms with E-state index >= 15 is 0 Å². The highest BCUT2D eigenvalue weighted by atomic mass is 32.2. The van der Waals surface area contributed by atoms with E-state index in [9.17, 15) is 8.42 Å². The minimum Gasteiger partial charge on any atom is -0.494 e. The van der Waals surface area contributed by atoms with Crippen molar-refractivity contribution in [3.63, 3.8) is 0 Å². The maximum atomic E-state index is 11.0. The van der Waals surface area contributed by atoms with Crippen molar-refractivity contribution < 1.29 is 17.7 Å². The summed E-state index contributed by atoms with van der Waals surface area (Å²) in [7, 11) is -4.19. The van der Waals surface area contributed by atoms with Crippen molar-refractivity contribution in [1.82, 2.24) is 0 Å². The molecule has 2 aromatic rings. The van der Waals surface area contributed by atoms with E-state index < -0.39 is 10.1 Å². The van der Waals surface area contributed by atoms with Crippen molar-refractivity contribution >= 4 is 21.5 Å². The molecule has 0 radical (unpaired) electrons. The zero-order valence-corrected chi connectivity index (χ0v) is 14.9. The number of ether oxygens (including phenoxy) is 1. The molecule has 25 heavy (non-hydrogen) atoms. The van der Waals surface area contributed by atoms with Gasteiger partial charge in [-0.2, -0.15) is 18.6 Å². The summed E-state index contributed by atoms with van der Waals surface area (Å²) < 4.78 is 36.5. The second-order valence-electron chi connectivity index (χ2n) is 5.57. The van der Waals surface area contributed by atoms with Gasteiger partial charge in [-0.15, -0.1) is 0 Å².